The summed E-state index contributed by atoms with van der Waals surface area (Å²) >= 11 is 1.49. The Bertz CT molecular complexity index is 846. The van der Waals surface area contributed by atoms with Crippen LogP contribution in [0, 0.1) is 5.82 Å². The zero-order chi connectivity index (χ0) is 15.4. The Balaban J connectivity index is 2.05. The third-order valence-corrected chi connectivity index (χ3v) is 3.78. The highest BCUT2D eigenvalue weighted by Crippen LogP contribution is 2.20. The molecule has 0 bridgehead atoms. The second kappa shape index (κ2) is 6.53. The van der Waals surface area contributed by atoms with Gasteiger partial charge in [0.15, 0.2) is 5.76 Å². The van der Waals surface area contributed by atoms with Gasteiger partial charge in [-0.3, -0.25) is 4.99 Å². The number of thiazole rings is 1. The Labute approximate surface area is 130 Å². The van der Waals surface area contributed by atoms with Crippen LogP contribution in [0.1, 0.15) is 12.5 Å². The molecule has 4 nitrogen and oxygen atoms in total. The highest BCUT2D eigenvalue weighted by Gasteiger charge is 2.09. The molecule has 3 aromatic rings. The number of benzene rings is 1. The van der Waals surface area contributed by atoms with Crippen molar-refractivity contribution in [2.24, 2.45) is 10.1 Å². The Morgan fingerprint density at radius 1 is 1.32 bits per heavy atom. The van der Waals surface area contributed by atoms with Crippen molar-refractivity contribution in [3.8, 4) is 11.5 Å². The lowest BCUT2D eigenvalue weighted by Gasteiger charge is -2.00. The first kappa shape index (κ1) is 14.5. The molecule has 0 aliphatic rings. The third-order valence-electron chi connectivity index (χ3n) is 2.92. The van der Waals surface area contributed by atoms with Crippen molar-refractivity contribution in [3.05, 3.63) is 64.2 Å². The molecule has 0 fully saturated rings. The fourth-order valence-electron chi connectivity index (χ4n) is 1.96. The summed E-state index contributed by atoms with van der Waals surface area (Å²) in [6, 6.07) is 9.97. The van der Waals surface area contributed by atoms with Crippen molar-refractivity contribution >= 4 is 17.6 Å². The molecule has 1 aromatic carbocycles. The van der Waals surface area contributed by atoms with Gasteiger partial charge in [-0.15, -0.1) is 11.3 Å². The van der Waals surface area contributed by atoms with Gasteiger partial charge in [0.1, 0.15) is 11.5 Å². The van der Waals surface area contributed by atoms with Crippen LogP contribution in [0.3, 0.4) is 0 Å². The summed E-state index contributed by atoms with van der Waals surface area (Å²) in [5.74, 6) is 0.425. The fraction of sp³-hybridized carbons (Fsp3) is 0.125. The van der Waals surface area contributed by atoms with Gasteiger partial charge in [-0.05, 0) is 36.8 Å². The van der Waals surface area contributed by atoms with Gasteiger partial charge in [-0.2, -0.15) is 5.10 Å². The topological polar surface area (TPSA) is 42.8 Å². The molecule has 0 aliphatic carbocycles. The highest BCUT2D eigenvalue weighted by molar-refractivity contribution is 7.07. The summed E-state index contributed by atoms with van der Waals surface area (Å²) in [7, 11) is 0. The molecule has 3 rings (SSSR count). The minimum Gasteiger partial charge on any atom is -0.463 e. The predicted molar refractivity (Wildman–Crippen MR) is 85.5 cm³/mol. The molecule has 0 atom stereocenters. The lowest BCUT2D eigenvalue weighted by atomic mass is 10.2. The highest BCUT2D eigenvalue weighted by atomic mass is 32.1. The molecule has 0 N–H and O–H groups in total. The number of aromatic nitrogens is 1. The first-order valence-corrected chi connectivity index (χ1v) is 7.70. The van der Waals surface area contributed by atoms with Gasteiger partial charge in [0.2, 0.25) is 4.80 Å². The molecule has 0 amide bonds. The smallest absolute Gasteiger partial charge is 0.206 e. The molecular weight excluding hydrogens is 301 g/mol. The summed E-state index contributed by atoms with van der Waals surface area (Å²) in [6.45, 7) is 2.63. The number of hydrogen-bond acceptors (Lipinski definition) is 4. The van der Waals surface area contributed by atoms with Crippen LogP contribution in [0.2, 0.25) is 0 Å². The molecule has 6 heteroatoms. The molecule has 0 saturated carbocycles. The first-order valence-electron chi connectivity index (χ1n) is 6.83. The molecule has 0 radical (unpaired) electrons. The van der Waals surface area contributed by atoms with E-state index in [1.54, 1.807) is 29.3 Å². The predicted octanol–water partition coefficient (Wildman–Crippen LogP) is 3.75. The van der Waals surface area contributed by atoms with Gasteiger partial charge in [-0.25, -0.2) is 9.07 Å². The van der Waals surface area contributed by atoms with Crippen LogP contribution < -0.4 is 4.80 Å². The van der Waals surface area contributed by atoms with Gasteiger partial charge in [0.05, 0.1) is 12.5 Å². The van der Waals surface area contributed by atoms with E-state index in [0.29, 0.717) is 17.9 Å². The molecule has 0 aliphatic heterocycles. The molecule has 22 heavy (non-hydrogen) atoms. The molecule has 112 valence electrons. The number of rotatable bonds is 4. The maximum absolute atomic E-state index is 13.2. The van der Waals surface area contributed by atoms with Crippen LogP contribution in [0.15, 0.2) is 62.6 Å². The van der Waals surface area contributed by atoms with E-state index in [2.05, 4.69) is 10.1 Å². The van der Waals surface area contributed by atoms with Gasteiger partial charge in [-0.1, -0.05) is 12.1 Å². The number of halogens is 1. The molecule has 0 saturated heterocycles. The summed E-state index contributed by atoms with van der Waals surface area (Å²) in [5.41, 5.74) is 1.50. The van der Waals surface area contributed by atoms with Crippen LogP contribution in [-0.4, -0.2) is 17.4 Å². The van der Waals surface area contributed by atoms with Crippen molar-refractivity contribution < 1.29 is 8.81 Å². The van der Waals surface area contributed by atoms with Gasteiger partial charge in [0, 0.05) is 11.9 Å². The lowest BCUT2D eigenvalue weighted by Crippen LogP contribution is -2.12. The minimum absolute atomic E-state index is 0.288. The Hall–Kier alpha value is -2.47. The molecule has 2 heterocycles. The van der Waals surface area contributed by atoms with Crippen molar-refractivity contribution in [3.63, 3.8) is 0 Å². The van der Waals surface area contributed by atoms with Gasteiger partial charge >= 0.3 is 0 Å². The normalized spacial score (nSPS) is 12.4. The van der Waals surface area contributed by atoms with Crippen LogP contribution in [0.4, 0.5) is 4.39 Å². The summed E-state index contributed by atoms with van der Waals surface area (Å²) < 4.78 is 20.4. The quantitative estimate of drug-likeness (QED) is 0.676. The average molecular weight is 315 g/mol. The van der Waals surface area contributed by atoms with Crippen molar-refractivity contribution in [1.82, 2.24) is 4.68 Å². The molecule has 0 unspecified atom stereocenters. The van der Waals surface area contributed by atoms with Crippen LogP contribution >= 0.6 is 11.3 Å². The van der Waals surface area contributed by atoms with Crippen molar-refractivity contribution in [1.29, 1.82) is 0 Å². The molecule has 0 spiro atoms. The van der Waals surface area contributed by atoms with E-state index in [4.69, 9.17) is 4.42 Å². The van der Waals surface area contributed by atoms with Gasteiger partial charge in [0.25, 0.3) is 0 Å². The van der Waals surface area contributed by atoms with E-state index in [0.717, 1.165) is 10.5 Å². The SMILES string of the molecule is CCN=c1scc(-c2ccco2)n1N=Cc1cccc(F)c1. The maximum Gasteiger partial charge on any atom is 0.206 e. The van der Waals surface area contributed by atoms with Crippen molar-refractivity contribution in [2.75, 3.05) is 6.54 Å². The number of nitrogens with zero attached hydrogens (tertiary/aromatic N) is 3. The Kier molecular flexibility index (Phi) is 4.29. The second-order valence-electron chi connectivity index (χ2n) is 4.47. The third kappa shape index (κ3) is 3.07. The van der Waals surface area contributed by atoms with E-state index in [9.17, 15) is 4.39 Å². The van der Waals surface area contributed by atoms with Crippen LogP contribution in [-0.2, 0) is 0 Å². The van der Waals surface area contributed by atoms with Crippen molar-refractivity contribution in [2.45, 2.75) is 6.92 Å². The standard InChI is InChI=1S/C16H14FN3OS/c1-2-18-16-20(14(11-22-16)15-7-4-8-21-15)19-10-12-5-3-6-13(17)9-12/h3-11H,2H2,1H3. The Morgan fingerprint density at radius 2 is 2.23 bits per heavy atom. The van der Waals surface area contributed by atoms with E-state index in [-0.39, 0.29) is 5.82 Å². The maximum atomic E-state index is 13.2. The molecular formula is C16H14FN3OS. The monoisotopic (exact) mass is 315 g/mol. The van der Waals surface area contributed by atoms with Gasteiger partial charge < -0.3 is 4.42 Å². The summed E-state index contributed by atoms with van der Waals surface area (Å²) in [4.78, 5) is 5.18. The zero-order valence-electron chi connectivity index (χ0n) is 11.9. The minimum atomic E-state index is -0.288. The average Bonchev–Trinajstić information content (AvgIpc) is 3.15. The van der Waals surface area contributed by atoms with E-state index < -0.39 is 0 Å². The number of hydrogen-bond donors (Lipinski definition) is 0. The summed E-state index contributed by atoms with van der Waals surface area (Å²) in [6.07, 6.45) is 3.22. The van der Waals surface area contributed by atoms with Crippen LogP contribution in [0.5, 0.6) is 0 Å². The van der Waals surface area contributed by atoms with E-state index >= 15 is 0 Å². The number of furan rings is 1. The summed E-state index contributed by atoms with van der Waals surface area (Å²) in [5, 5.41) is 6.37. The van der Waals surface area contributed by atoms with Crippen LogP contribution in [0.25, 0.3) is 11.5 Å². The first-order chi connectivity index (χ1) is 10.8. The van der Waals surface area contributed by atoms with E-state index in [1.165, 1.54) is 23.5 Å². The fourth-order valence-corrected chi connectivity index (χ4v) is 2.84. The molecule has 2 aromatic heterocycles. The zero-order valence-corrected chi connectivity index (χ0v) is 12.8. The second-order valence-corrected chi connectivity index (χ2v) is 5.30. The lowest BCUT2D eigenvalue weighted by molar-refractivity contribution is 0.575. The Morgan fingerprint density at radius 3 is 2.95 bits per heavy atom. The largest absolute Gasteiger partial charge is 0.463 e. The van der Waals surface area contributed by atoms with E-state index in [1.807, 2.05) is 24.4 Å².